The molecule has 0 saturated carbocycles. The summed E-state index contributed by atoms with van der Waals surface area (Å²) in [5.74, 6) is 1.48. The molecule has 110 valence electrons. The van der Waals surface area contributed by atoms with Gasteiger partial charge in [-0.2, -0.15) is 0 Å². The first-order valence-electron chi connectivity index (χ1n) is 7.56. The third-order valence-electron chi connectivity index (χ3n) is 4.69. The molecule has 2 aliphatic rings. The third-order valence-corrected chi connectivity index (χ3v) is 4.69. The van der Waals surface area contributed by atoms with Gasteiger partial charge in [0.25, 0.3) is 0 Å². The van der Waals surface area contributed by atoms with Crippen molar-refractivity contribution in [2.75, 3.05) is 0 Å². The Kier molecular flexibility index (Phi) is 3.78. The number of rotatable bonds is 4. The van der Waals surface area contributed by atoms with Crippen molar-refractivity contribution in [1.29, 1.82) is 0 Å². The minimum atomic E-state index is 0.149. The smallest absolute Gasteiger partial charge is 0.220 e. The molecule has 0 radical (unpaired) electrons. The largest absolute Gasteiger partial charge is 0.361 e. The molecule has 2 bridgehead atoms. The van der Waals surface area contributed by atoms with E-state index in [9.17, 15) is 4.79 Å². The van der Waals surface area contributed by atoms with Crippen molar-refractivity contribution in [2.45, 2.75) is 64.6 Å². The highest BCUT2D eigenvalue weighted by molar-refractivity contribution is 5.76. The molecule has 2 N–H and O–H groups in total. The van der Waals surface area contributed by atoms with Crippen molar-refractivity contribution in [2.24, 2.45) is 5.92 Å². The number of aromatic nitrogens is 1. The van der Waals surface area contributed by atoms with Crippen LogP contribution in [0.3, 0.4) is 0 Å². The van der Waals surface area contributed by atoms with E-state index in [2.05, 4.69) is 15.8 Å². The molecule has 1 aromatic heterocycles. The molecule has 1 aromatic rings. The number of hydrogen-bond acceptors (Lipinski definition) is 4. The van der Waals surface area contributed by atoms with Gasteiger partial charge >= 0.3 is 0 Å². The van der Waals surface area contributed by atoms with Gasteiger partial charge in [0.05, 0.1) is 5.69 Å². The standard InChI is InChI=1S/C15H23N3O2/c1-9-14(10(2)20-18-9)8-16-15(19)7-11-5-12-3-4-13(6-11)17-12/h11-13,17H,3-8H2,1-2H3,(H,16,19). The van der Waals surface area contributed by atoms with Crippen LogP contribution >= 0.6 is 0 Å². The summed E-state index contributed by atoms with van der Waals surface area (Å²) in [4.78, 5) is 12.1. The second-order valence-corrected chi connectivity index (χ2v) is 6.26. The number of amides is 1. The highest BCUT2D eigenvalue weighted by atomic mass is 16.5. The van der Waals surface area contributed by atoms with Crippen molar-refractivity contribution in [1.82, 2.24) is 15.8 Å². The SMILES string of the molecule is Cc1noc(C)c1CNC(=O)CC1CC2CCC(C1)N2. The van der Waals surface area contributed by atoms with Gasteiger partial charge in [-0.25, -0.2) is 0 Å². The normalized spacial score (nSPS) is 28.6. The number of aryl methyl sites for hydroxylation is 2. The fourth-order valence-electron chi connectivity index (χ4n) is 3.62. The van der Waals surface area contributed by atoms with Gasteiger partial charge in [-0.1, -0.05) is 5.16 Å². The molecule has 2 atom stereocenters. The summed E-state index contributed by atoms with van der Waals surface area (Å²) in [6.45, 7) is 4.31. The molecule has 20 heavy (non-hydrogen) atoms. The molecule has 2 unspecified atom stereocenters. The Hall–Kier alpha value is -1.36. The van der Waals surface area contributed by atoms with E-state index in [0.29, 0.717) is 31.0 Å². The number of nitrogens with one attached hydrogen (secondary N) is 2. The van der Waals surface area contributed by atoms with Gasteiger partial charge in [0.2, 0.25) is 5.91 Å². The zero-order valence-electron chi connectivity index (χ0n) is 12.2. The Morgan fingerprint density at radius 1 is 1.35 bits per heavy atom. The number of carbonyl (C=O) groups excluding carboxylic acids is 1. The molecule has 0 aromatic carbocycles. The van der Waals surface area contributed by atoms with Crippen LogP contribution in [0, 0.1) is 19.8 Å². The van der Waals surface area contributed by atoms with Crippen LogP contribution in [0.1, 0.15) is 49.1 Å². The molecule has 5 heteroatoms. The molecule has 3 rings (SSSR count). The van der Waals surface area contributed by atoms with Crippen LogP contribution in [-0.2, 0) is 11.3 Å². The van der Waals surface area contributed by atoms with Crippen LogP contribution < -0.4 is 10.6 Å². The summed E-state index contributed by atoms with van der Waals surface area (Å²) < 4.78 is 5.10. The van der Waals surface area contributed by atoms with E-state index in [-0.39, 0.29) is 5.91 Å². The van der Waals surface area contributed by atoms with E-state index in [1.165, 1.54) is 12.8 Å². The highest BCUT2D eigenvalue weighted by Gasteiger charge is 2.34. The van der Waals surface area contributed by atoms with E-state index < -0.39 is 0 Å². The maximum atomic E-state index is 12.1. The average Bonchev–Trinajstić information content (AvgIpc) is 2.91. The van der Waals surface area contributed by atoms with Gasteiger partial charge in [0.15, 0.2) is 0 Å². The zero-order chi connectivity index (χ0) is 14.1. The first-order valence-corrected chi connectivity index (χ1v) is 7.56. The summed E-state index contributed by atoms with van der Waals surface area (Å²) in [5, 5.41) is 10.5. The van der Waals surface area contributed by atoms with Crippen LogP contribution in [-0.4, -0.2) is 23.1 Å². The number of carbonyl (C=O) groups is 1. The average molecular weight is 277 g/mol. The molecular weight excluding hydrogens is 254 g/mol. The Morgan fingerprint density at radius 3 is 2.65 bits per heavy atom. The monoisotopic (exact) mass is 277 g/mol. The molecule has 5 nitrogen and oxygen atoms in total. The number of nitrogens with zero attached hydrogens (tertiary/aromatic N) is 1. The second kappa shape index (κ2) is 5.56. The fourth-order valence-corrected chi connectivity index (χ4v) is 3.62. The van der Waals surface area contributed by atoms with E-state index in [4.69, 9.17) is 4.52 Å². The van der Waals surface area contributed by atoms with E-state index >= 15 is 0 Å². The number of hydrogen-bond donors (Lipinski definition) is 2. The predicted molar refractivity (Wildman–Crippen MR) is 75.1 cm³/mol. The van der Waals surface area contributed by atoms with Crippen molar-refractivity contribution < 1.29 is 9.32 Å². The molecule has 0 spiro atoms. The first-order chi connectivity index (χ1) is 9.61. The van der Waals surface area contributed by atoms with Gasteiger partial charge in [-0.05, 0) is 45.4 Å². The molecule has 1 amide bonds. The summed E-state index contributed by atoms with van der Waals surface area (Å²) in [7, 11) is 0. The molecule has 2 saturated heterocycles. The lowest BCUT2D eigenvalue weighted by atomic mass is 9.89. The van der Waals surface area contributed by atoms with Crippen LogP contribution in [0.15, 0.2) is 4.52 Å². The summed E-state index contributed by atoms with van der Waals surface area (Å²) in [6, 6.07) is 1.29. The van der Waals surface area contributed by atoms with E-state index in [1.807, 2.05) is 13.8 Å². The van der Waals surface area contributed by atoms with E-state index in [0.717, 1.165) is 29.9 Å². The van der Waals surface area contributed by atoms with E-state index in [1.54, 1.807) is 0 Å². The summed E-state index contributed by atoms with van der Waals surface area (Å²) in [5.41, 5.74) is 1.87. The number of piperidine rings is 1. The Balaban J connectivity index is 1.48. The van der Waals surface area contributed by atoms with Crippen LogP contribution in [0.25, 0.3) is 0 Å². The van der Waals surface area contributed by atoms with Crippen LogP contribution in [0.4, 0.5) is 0 Å². The molecule has 2 fully saturated rings. The maximum absolute atomic E-state index is 12.1. The molecule has 0 aliphatic carbocycles. The second-order valence-electron chi connectivity index (χ2n) is 6.26. The lowest BCUT2D eigenvalue weighted by Crippen LogP contribution is -2.39. The van der Waals surface area contributed by atoms with Crippen molar-refractivity contribution in [3.05, 3.63) is 17.0 Å². The highest BCUT2D eigenvalue weighted by Crippen LogP contribution is 2.32. The van der Waals surface area contributed by atoms with Crippen LogP contribution in [0.2, 0.25) is 0 Å². The minimum Gasteiger partial charge on any atom is -0.361 e. The molecular formula is C15H23N3O2. The molecule has 2 aliphatic heterocycles. The zero-order valence-corrected chi connectivity index (χ0v) is 12.2. The van der Waals surface area contributed by atoms with Gasteiger partial charge < -0.3 is 15.2 Å². The quantitative estimate of drug-likeness (QED) is 0.881. The third kappa shape index (κ3) is 2.87. The van der Waals surface area contributed by atoms with Crippen molar-refractivity contribution in [3.8, 4) is 0 Å². The van der Waals surface area contributed by atoms with Gasteiger partial charge in [-0.3, -0.25) is 4.79 Å². The fraction of sp³-hybridized carbons (Fsp3) is 0.733. The first kappa shape index (κ1) is 13.6. The van der Waals surface area contributed by atoms with Crippen molar-refractivity contribution in [3.63, 3.8) is 0 Å². The van der Waals surface area contributed by atoms with Gasteiger partial charge in [0.1, 0.15) is 5.76 Å². The Labute approximate surface area is 119 Å². The lowest BCUT2D eigenvalue weighted by molar-refractivity contribution is -0.122. The Bertz CT molecular complexity index is 466. The lowest BCUT2D eigenvalue weighted by Gasteiger charge is -2.28. The summed E-state index contributed by atoms with van der Waals surface area (Å²) >= 11 is 0. The molecule has 3 heterocycles. The Morgan fingerprint density at radius 2 is 2.05 bits per heavy atom. The summed E-state index contributed by atoms with van der Waals surface area (Å²) in [6.07, 6.45) is 5.51. The van der Waals surface area contributed by atoms with Crippen molar-refractivity contribution >= 4 is 5.91 Å². The van der Waals surface area contributed by atoms with Gasteiger partial charge in [0, 0.05) is 30.6 Å². The topological polar surface area (TPSA) is 67.2 Å². The predicted octanol–water partition coefficient (Wildman–Crippen LogP) is 1.83. The minimum absolute atomic E-state index is 0.149. The van der Waals surface area contributed by atoms with Gasteiger partial charge in [-0.15, -0.1) is 0 Å². The number of fused-ring (bicyclic) bond motifs is 2. The maximum Gasteiger partial charge on any atom is 0.220 e. The van der Waals surface area contributed by atoms with Crippen LogP contribution in [0.5, 0.6) is 0 Å².